The Morgan fingerprint density at radius 1 is 1.10 bits per heavy atom. The van der Waals surface area contributed by atoms with Crippen LogP contribution in [-0.4, -0.2) is 17.7 Å². The number of hydrogen-bond donors (Lipinski definition) is 1. The van der Waals surface area contributed by atoms with Crippen LogP contribution in [0.5, 0.6) is 0 Å². The first-order chi connectivity index (χ1) is 13.9. The molecule has 1 aliphatic heterocycles. The summed E-state index contributed by atoms with van der Waals surface area (Å²) in [6, 6.07) is 12.0. The molecular formula is C23H21ClN2O3. The molecule has 5 nitrogen and oxygen atoms in total. The molecule has 2 aromatic rings. The lowest BCUT2D eigenvalue weighted by Gasteiger charge is -2.22. The Balaban J connectivity index is 1.69. The highest BCUT2D eigenvalue weighted by Gasteiger charge is 2.51. The SMILES string of the molecule is Cc1c(Cl)cccc1NC(=O)c1ccccc1N1C(=O)[C@H]2[C@H](C)C=CC[C@@H]2C1=O. The monoisotopic (exact) mass is 408 g/mol. The Labute approximate surface area is 174 Å². The van der Waals surface area contributed by atoms with Gasteiger partial charge in [-0.15, -0.1) is 0 Å². The topological polar surface area (TPSA) is 66.5 Å². The molecule has 1 aliphatic carbocycles. The molecule has 4 rings (SSSR count). The largest absolute Gasteiger partial charge is 0.322 e. The van der Waals surface area contributed by atoms with Gasteiger partial charge in [-0.05, 0) is 49.1 Å². The van der Waals surface area contributed by atoms with Crippen molar-refractivity contribution < 1.29 is 14.4 Å². The normalized spacial score (nSPS) is 23.3. The summed E-state index contributed by atoms with van der Waals surface area (Å²) in [5.41, 5.74) is 1.93. The average molecular weight is 409 g/mol. The van der Waals surface area contributed by atoms with Crippen LogP contribution >= 0.6 is 11.6 Å². The van der Waals surface area contributed by atoms with Crippen LogP contribution in [0, 0.1) is 24.7 Å². The summed E-state index contributed by atoms with van der Waals surface area (Å²) >= 11 is 6.15. The van der Waals surface area contributed by atoms with Crippen molar-refractivity contribution in [3.05, 3.63) is 70.8 Å². The van der Waals surface area contributed by atoms with E-state index in [4.69, 9.17) is 11.6 Å². The number of imide groups is 1. The minimum Gasteiger partial charge on any atom is -0.322 e. The molecule has 3 amide bonds. The van der Waals surface area contributed by atoms with Gasteiger partial charge in [0.15, 0.2) is 0 Å². The Bertz CT molecular complexity index is 1050. The van der Waals surface area contributed by atoms with Gasteiger partial charge >= 0.3 is 0 Å². The predicted molar refractivity (Wildman–Crippen MR) is 113 cm³/mol. The maximum atomic E-state index is 13.1. The van der Waals surface area contributed by atoms with Gasteiger partial charge in [-0.2, -0.15) is 0 Å². The first-order valence-electron chi connectivity index (χ1n) is 9.60. The summed E-state index contributed by atoms with van der Waals surface area (Å²) in [5.74, 6) is -1.63. The minimum atomic E-state index is -0.396. The number of hydrogen-bond acceptors (Lipinski definition) is 3. The number of amides is 3. The van der Waals surface area contributed by atoms with Crippen LogP contribution in [-0.2, 0) is 9.59 Å². The number of carbonyl (C=O) groups excluding carboxylic acids is 3. The van der Waals surface area contributed by atoms with Gasteiger partial charge in [0.25, 0.3) is 5.91 Å². The number of rotatable bonds is 3. The van der Waals surface area contributed by atoms with Crippen LogP contribution in [0.2, 0.25) is 5.02 Å². The van der Waals surface area contributed by atoms with Crippen LogP contribution < -0.4 is 10.2 Å². The lowest BCUT2D eigenvalue weighted by atomic mass is 9.78. The van der Waals surface area contributed by atoms with Crippen molar-refractivity contribution in [1.29, 1.82) is 0 Å². The van der Waals surface area contributed by atoms with Crippen molar-refractivity contribution in [2.75, 3.05) is 10.2 Å². The van der Waals surface area contributed by atoms with Crippen molar-refractivity contribution in [2.24, 2.45) is 17.8 Å². The van der Waals surface area contributed by atoms with E-state index in [0.717, 1.165) is 5.56 Å². The maximum absolute atomic E-state index is 13.1. The van der Waals surface area contributed by atoms with Crippen molar-refractivity contribution in [1.82, 2.24) is 0 Å². The predicted octanol–water partition coefficient (Wildman–Crippen LogP) is 4.60. The van der Waals surface area contributed by atoms with Gasteiger partial charge in [0, 0.05) is 10.7 Å². The third-order valence-electron chi connectivity index (χ3n) is 5.78. The lowest BCUT2D eigenvalue weighted by molar-refractivity contribution is -0.122. The molecule has 1 N–H and O–H groups in total. The van der Waals surface area contributed by atoms with Crippen LogP contribution in [0.25, 0.3) is 0 Å². The molecule has 1 heterocycles. The van der Waals surface area contributed by atoms with E-state index in [-0.39, 0.29) is 35.1 Å². The van der Waals surface area contributed by atoms with Gasteiger partial charge in [-0.1, -0.05) is 48.9 Å². The van der Waals surface area contributed by atoms with Crippen LogP contribution in [0.15, 0.2) is 54.6 Å². The molecule has 0 saturated carbocycles. The molecule has 148 valence electrons. The van der Waals surface area contributed by atoms with Crippen molar-refractivity contribution in [3.8, 4) is 0 Å². The highest BCUT2D eigenvalue weighted by molar-refractivity contribution is 6.32. The van der Waals surface area contributed by atoms with Crippen LogP contribution in [0.4, 0.5) is 11.4 Å². The Kier molecular flexibility index (Phi) is 5.01. The zero-order valence-electron chi connectivity index (χ0n) is 16.2. The number of allylic oxidation sites excluding steroid dienone is 2. The molecular weight excluding hydrogens is 388 g/mol. The molecule has 0 spiro atoms. The summed E-state index contributed by atoms with van der Waals surface area (Å²) < 4.78 is 0. The van der Waals surface area contributed by atoms with Crippen molar-refractivity contribution in [3.63, 3.8) is 0 Å². The first-order valence-corrected chi connectivity index (χ1v) is 9.98. The number of halogens is 1. The number of para-hydroxylation sites is 1. The molecule has 1 saturated heterocycles. The van der Waals surface area contributed by atoms with E-state index in [1.807, 2.05) is 26.0 Å². The van der Waals surface area contributed by atoms with Gasteiger partial charge in [0.1, 0.15) is 0 Å². The second kappa shape index (κ2) is 7.48. The lowest BCUT2D eigenvalue weighted by Crippen LogP contribution is -2.33. The Hall–Kier alpha value is -2.92. The summed E-state index contributed by atoms with van der Waals surface area (Å²) in [7, 11) is 0. The van der Waals surface area contributed by atoms with E-state index in [1.165, 1.54) is 4.90 Å². The van der Waals surface area contributed by atoms with Gasteiger partial charge in [-0.3, -0.25) is 14.4 Å². The number of benzene rings is 2. The van der Waals surface area contributed by atoms with Gasteiger partial charge < -0.3 is 5.32 Å². The molecule has 0 aromatic heterocycles. The molecule has 1 fully saturated rings. The summed E-state index contributed by atoms with van der Waals surface area (Å²) in [4.78, 5) is 40.4. The zero-order chi connectivity index (χ0) is 20.7. The number of nitrogens with zero attached hydrogens (tertiary/aromatic N) is 1. The summed E-state index contributed by atoms with van der Waals surface area (Å²) in [6.07, 6.45) is 4.49. The third kappa shape index (κ3) is 3.25. The van der Waals surface area contributed by atoms with Gasteiger partial charge in [0.2, 0.25) is 11.8 Å². The fourth-order valence-electron chi connectivity index (χ4n) is 4.18. The van der Waals surface area contributed by atoms with Crippen LogP contribution in [0.1, 0.15) is 29.3 Å². The van der Waals surface area contributed by atoms with Crippen LogP contribution in [0.3, 0.4) is 0 Å². The molecule has 0 radical (unpaired) electrons. The van der Waals surface area contributed by atoms with E-state index in [0.29, 0.717) is 22.8 Å². The molecule has 29 heavy (non-hydrogen) atoms. The maximum Gasteiger partial charge on any atom is 0.257 e. The van der Waals surface area contributed by atoms with Crippen molar-refractivity contribution >= 4 is 40.7 Å². The Morgan fingerprint density at radius 3 is 2.62 bits per heavy atom. The smallest absolute Gasteiger partial charge is 0.257 e. The van der Waals surface area contributed by atoms with Crippen molar-refractivity contribution in [2.45, 2.75) is 20.3 Å². The Morgan fingerprint density at radius 2 is 1.86 bits per heavy atom. The third-order valence-corrected chi connectivity index (χ3v) is 6.19. The number of carbonyl (C=O) groups is 3. The fourth-order valence-corrected chi connectivity index (χ4v) is 4.35. The quantitative estimate of drug-likeness (QED) is 0.596. The standard InChI is InChI=1S/C23H21ClN2O3/c1-13-7-5-9-16-20(13)23(29)26(22(16)28)19-12-4-3-8-15(19)21(27)25-18-11-6-10-17(24)14(18)2/h3-8,10-13,16,20H,9H2,1-2H3,(H,25,27)/t13-,16+,20+/m1/s1. The van der Waals surface area contributed by atoms with E-state index < -0.39 is 5.91 Å². The van der Waals surface area contributed by atoms with Gasteiger partial charge in [0.05, 0.1) is 23.1 Å². The van der Waals surface area contributed by atoms with Gasteiger partial charge in [-0.25, -0.2) is 4.90 Å². The highest BCUT2D eigenvalue weighted by atomic mass is 35.5. The molecule has 2 aromatic carbocycles. The molecule has 2 aliphatic rings. The average Bonchev–Trinajstić information content (AvgIpc) is 2.97. The summed E-state index contributed by atoms with van der Waals surface area (Å²) in [6.45, 7) is 3.76. The fraction of sp³-hybridized carbons (Fsp3) is 0.261. The minimum absolute atomic E-state index is 0.00898. The second-order valence-electron chi connectivity index (χ2n) is 7.55. The highest BCUT2D eigenvalue weighted by Crippen LogP contribution is 2.41. The first kappa shape index (κ1) is 19.4. The molecule has 0 bridgehead atoms. The molecule has 0 unspecified atom stereocenters. The zero-order valence-corrected chi connectivity index (χ0v) is 16.9. The molecule has 6 heteroatoms. The van der Waals surface area contributed by atoms with E-state index in [9.17, 15) is 14.4 Å². The number of nitrogens with one attached hydrogen (secondary N) is 1. The number of anilines is 2. The van der Waals surface area contributed by atoms with E-state index in [2.05, 4.69) is 5.32 Å². The summed E-state index contributed by atoms with van der Waals surface area (Å²) in [5, 5.41) is 3.40. The number of fused-ring (bicyclic) bond motifs is 1. The molecule has 3 atom stereocenters. The second-order valence-corrected chi connectivity index (χ2v) is 7.96. The van der Waals surface area contributed by atoms with E-state index in [1.54, 1.807) is 42.5 Å². The van der Waals surface area contributed by atoms with E-state index >= 15 is 0 Å².